The van der Waals surface area contributed by atoms with Gasteiger partial charge in [-0.25, -0.2) is 0 Å². The van der Waals surface area contributed by atoms with E-state index >= 15 is 0 Å². The minimum atomic E-state index is -0.396. The molecule has 0 aliphatic carbocycles. The van der Waals surface area contributed by atoms with E-state index in [1.54, 1.807) is 7.11 Å². The van der Waals surface area contributed by atoms with E-state index < -0.39 is 6.04 Å². The molecule has 138 valence electrons. The second kappa shape index (κ2) is 8.90. The van der Waals surface area contributed by atoms with E-state index in [4.69, 9.17) is 4.74 Å². The van der Waals surface area contributed by atoms with Crippen molar-refractivity contribution in [1.82, 2.24) is 0 Å². The van der Waals surface area contributed by atoms with Crippen molar-refractivity contribution in [2.45, 2.75) is 19.4 Å². The van der Waals surface area contributed by atoms with Crippen LogP contribution in [-0.2, 0) is 11.2 Å². The van der Waals surface area contributed by atoms with Crippen molar-refractivity contribution in [3.8, 4) is 5.75 Å². The van der Waals surface area contributed by atoms with Gasteiger partial charge in [0.05, 0.1) is 12.8 Å². The summed E-state index contributed by atoms with van der Waals surface area (Å²) >= 11 is 0. The number of ether oxygens (including phenoxy) is 1. The Hall–Kier alpha value is -3.27. The van der Waals surface area contributed by atoms with Crippen LogP contribution in [0.4, 0.5) is 11.4 Å². The third-order valence-electron chi connectivity index (χ3n) is 4.38. The van der Waals surface area contributed by atoms with Crippen LogP contribution in [0.5, 0.6) is 5.75 Å². The van der Waals surface area contributed by atoms with Gasteiger partial charge in [-0.2, -0.15) is 0 Å². The Morgan fingerprint density at radius 2 is 1.52 bits per heavy atom. The molecule has 0 heterocycles. The first kappa shape index (κ1) is 18.5. The lowest BCUT2D eigenvalue weighted by Crippen LogP contribution is -2.32. The van der Waals surface area contributed by atoms with Gasteiger partial charge in [-0.15, -0.1) is 0 Å². The summed E-state index contributed by atoms with van der Waals surface area (Å²) in [4.78, 5) is 12.6. The summed E-state index contributed by atoms with van der Waals surface area (Å²) in [7, 11) is 1.59. The van der Waals surface area contributed by atoms with Crippen LogP contribution in [0.3, 0.4) is 0 Å². The summed E-state index contributed by atoms with van der Waals surface area (Å²) in [6, 6.07) is 25.4. The number of hydrogen-bond acceptors (Lipinski definition) is 3. The Kier molecular flexibility index (Phi) is 6.10. The number of carbonyl (C=O) groups is 1. The van der Waals surface area contributed by atoms with Gasteiger partial charge < -0.3 is 15.4 Å². The molecule has 1 atom stereocenters. The molecule has 4 heteroatoms. The van der Waals surface area contributed by atoms with Gasteiger partial charge in [0.25, 0.3) is 0 Å². The summed E-state index contributed by atoms with van der Waals surface area (Å²) in [5.41, 5.74) is 4.01. The first-order valence-corrected chi connectivity index (χ1v) is 8.99. The van der Waals surface area contributed by atoms with Crippen molar-refractivity contribution in [1.29, 1.82) is 0 Å². The second-order valence-electron chi connectivity index (χ2n) is 6.38. The number of para-hydroxylation sites is 3. The van der Waals surface area contributed by atoms with Gasteiger partial charge in [-0.05, 0) is 42.7 Å². The van der Waals surface area contributed by atoms with E-state index in [-0.39, 0.29) is 5.91 Å². The zero-order chi connectivity index (χ0) is 19.1. The maximum absolute atomic E-state index is 12.6. The Morgan fingerprint density at radius 3 is 2.26 bits per heavy atom. The largest absolute Gasteiger partial charge is 0.495 e. The van der Waals surface area contributed by atoms with Crippen molar-refractivity contribution >= 4 is 17.3 Å². The van der Waals surface area contributed by atoms with Gasteiger partial charge >= 0.3 is 0 Å². The molecule has 0 aromatic heterocycles. The fourth-order valence-corrected chi connectivity index (χ4v) is 2.92. The number of carbonyl (C=O) groups excluding carboxylic acids is 1. The molecule has 4 nitrogen and oxygen atoms in total. The molecular weight excluding hydrogens is 336 g/mol. The molecule has 3 rings (SSSR count). The third kappa shape index (κ3) is 4.88. The standard InChI is InChI=1S/C23H24N2O2/c1-17(23(26)25-21-14-8-9-15-22(21)27-2)24-20-13-7-6-12-19(20)16-18-10-4-3-5-11-18/h3-15,17,24H,16H2,1-2H3,(H,25,26)/t17-/m0/s1. The van der Waals surface area contributed by atoms with Crippen LogP contribution in [0.25, 0.3) is 0 Å². The lowest BCUT2D eigenvalue weighted by molar-refractivity contribution is -0.116. The molecule has 0 fully saturated rings. The predicted octanol–water partition coefficient (Wildman–Crippen LogP) is 4.73. The summed E-state index contributed by atoms with van der Waals surface area (Å²) in [6.07, 6.45) is 0.810. The normalized spacial score (nSPS) is 11.5. The minimum absolute atomic E-state index is 0.117. The number of anilines is 2. The van der Waals surface area contributed by atoms with Gasteiger partial charge in [0.1, 0.15) is 11.8 Å². The SMILES string of the molecule is COc1ccccc1NC(=O)[C@H](C)Nc1ccccc1Cc1ccccc1. The van der Waals surface area contributed by atoms with E-state index in [9.17, 15) is 4.79 Å². The molecule has 3 aromatic rings. The first-order chi connectivity index (χ1) is 13.2. The zero-order valence-corrected chi connectivity index (χ0v) is 15.6. The molecule has 3 aromatic carbocycles. The highest BCUT2D eigenvalue weighted by Gasteiger charge is 2.16. The van der Waals surface area contributed by atoms with Crippen LogP contribution < -0.4 is 15.4 Å². The van der Waals surface area contributed by atoms with Gasteiger partial charge in [-0.3, -0.25) is 4.79 Å². The lowest BCUT2D eigenvalue weighted by Gasteiger charge is -2.19. The molecular formula is C23H24N2O2. The average Bonchev–Trinajstić information content (AvgIpc) is 2.70. The molecule has 0 saturated heterocycles. The maximum atomic E-state index is 12.6. The Balaban J connectivity index is 1.70. The molecule has 0 radical (unpaired) electrons. The first-order valence-electron chi connectivity index (χ1n) is 8.99. The molecule has 0 bridgehead atoms. The number of nitrogens with one attached hydrogen (secondary N) is 2. The molecule has 0 saturated carbocycles. The van der Waals surface area contributed by atoms with E-state index in [2.05, 4.69) is 28.8 Å². The zero-order valence-electron chi connectivity index (χ0n) is 15.6. The minimum Gasteiger partial charge on any atom is -0.495 e. The third-order valence-corrected chi connectivity index (χ3v) is 4.38. The number of benzene rings is 3. The summed E-state index contributed by atoms with van der Waals surface area (Å²) in [5, 5.41) is 6.26. The van der Waals surface area contributed by atoms with E-state index in [1.165, 1.54) is 5.56 Å². The lowest BCUT2D eigenvalue weighted by atomic mass is 10.0. The molecule has 27 heavy (non-hydrogen) atoms. The van der Waals surface area contributed by atoms with Crippen molar-refractivity contribution in [3.05, 3.63) is 90.0 Å². The topological polar surface area (TPSA) is 50.4 Å². The van der Waals surface area contributed by atoms with Crippen molar-refractivity contribution in [2.24, 2.45) is 0 Å². The van der Waals surface area contributed by atoms with E-state index in [0.29, 0.717) is 11.4 Å². The van der Waals surface area contributed by atoms with Gasteiger partial charge in [-0.1, -0.05) is 60.7 Å². The van der Waals surface area contributed by atoms with Gasteiger partial charge in [0, 0.05) is 5.69 Å². The molecule has 0 aliphatic heterocycles. The van der Waals surface area contributed by atoms with Crippen LogP contribution in [0.1, 0.15) is 18.1 Å². The number of methoxy groups -OCH3 is 1. The van der Waals surface area contributed by atoms with Crippen molar-refractivity contribution < 1.29 is 9.53 Å². The highest BCUT2D eigenvalue weighted by Crippen LogP contribution is 2.24. The quantitative estimate of drug-likeness (QED) is 0.641. The maximum Gasteiger partial charge on any atom is 0.246 e. The van der Waals surface area contributed by atoms with Crippen LogP contribution in [-0.4, -0.2) is 19.1 Å². The summed E-state index contributed by atoms with van der Waals surface area (Å²) in [6.45, 7) is 1.85. The van der Waals surface area contributed by atoms with Crippen molar-refractivity contribution in [2.75, 3.05) is 17.7 Å². The van der Waals surface area contributed by atoms with Crippen LogP contribution in [0, 0.1) is 0 Å². The second-order valence-corrected chi connectivity index (χ2v) is 6.38. The summed E-state index contributed by atoms with van der Waals surface area (Å²) in [5.74, 6) is 0.525. The van der Waals surface area contributed by atoms with Gasteiger partial charge in [0.2, 0.25) is 5.91 Å². The van der Waals surface area contributed by atoms with Gasteiger partial charge in [0.15, 0.2) is 0 Å². The molecule has 0 unspecified atom stereocenters. The van der Waals surface area contributed by atoms with E-state index in [1.807, 2.05) is 67.6 Å². The van der Waals surface area contributed by atoms with Crippen molar-refractivity contribution in [3.63, 3.8) is 0 Å². The monoisotopic (exact) mass is 360 g/mol. The fraction of sp³-hybridized carbons (Fsp3) is 0.174. The predicted molar refractivity (Wildman–Crippen MR) is 110 cm³/mol. The molecule has 0 aliphatic rings. The van der Waals surface area contributed by atoms with Crippen LogP contribution >= 0.6 is 0 Å². The Labute approximate surface area is 160 Å². The van der Waals surface area contributed by atoms with Crippen LogP contribution in [0.2, 0.25) is 0 Å². The average molecular weight is 360 g/mol. The smallest absolute Gasteiger partial charge is 0.246 e. The fourth-order valence-electron chi connectivity index (χ4n) is 2.92. The summed E-state index contributed by atoms with van der Waals surface area (Å²) < 4.78 is 5.29. The molecule has 1 amide bonds. The molecule has 0 spiro atoms. The highest BCUT2D eigenvalue weighted by atomic mass is 16.5. The molecule has 2 N–H and O–H groups in total. The Bertz CT molecular complexity index is 894. The highest BCUT2D eigenvalue weighted by molar-refractivity contribution is 5.97. The Morgan fingerprint density at radius 1 is 0.889 bits per heavy atom. The number of hydrogen-bond donors (Lipinski definition) is 2. The van der Waals surface area contributed by atoms with E-state index in [0.717, 1.165) is 17.7 Å². The number of rotatable bonds is 7. The van der Waals surface area contributed by atoms with Crippen LogP contribution in [0.15, 0.2) is 78.9 Å². The number of amides is 1.